The third kappa shape index (κ3) is 4.01. The monoisotopic (exact) mass is 477 g/mol. The molecule has 0 spiro atoms. The first-order chi connectivity index (χ1) is 16.8. The number of Topliss-reactive ketones (excluding diaryl/α,β-unsaturated/α-hetero) is 1. The van der Waals surface area contributed by atoms with Gasteiger partial charge in [-0.2, -0.15) is 0 Å². The van der Waals surface area contributed by atoms with Gasteiger partial charge in [0.05, 0.1) is 18.3 Å². The molecule has 2 aliphatic rings. The summed E-state index contributed by atoms with van der Waals surface area (Å²) in [7, 11) is 0. The van der Waals surface area contributed by atoms with Crippen molar-refractivity contribution in [3.05, 3.63) is 59.2 Å². The molecule has 35 heavy (non-hydrogen) atoms. The lowest BCUT2D eigenvalue weighted by Gasteiger charge is -2.22. The average molecular weight is 478 g/mol. The number of aromatic nitrogens is 5. The quantitative estimate of drug-likeness (QED) is 0.407. The van der Waals surface area contributed by atoms with Crippen LogP contribution in [0.1, 0.15) is 47.1 Å². The Bertz CT molecular complexity index is 1290. The number of amides is 3. The average Bonchev–Trinajstić information content (AvgIpc) is 3.64. The van der Waals surface area contributed by atoms with Gasteiger partial charge in [-0.05, 0) is 67.8 Å². The van der Waals surface area contributed by atoms with Crippen molar-refractivity contribution in [1.82, 2.24) is 35.0 Å². The molecule has 2 atom stereocenters. The summed E-state index contributed by atoms with van der Waals surface area (Å²) in [6.45, 7) is 6.57. The predicted molar refractivity (Wildman–Crippen MR) is 124 cm³/mol. The topological polar surface area (TPSA) is 124 Å². The van der Waals surface area contributed by atoms with Gasteiger partial charge in [-0.1, -0.05) is 12.1 Å². The number of ketones is 1. The van der Waals surface area contributed by atoms with Gasteiger partial charge < -0.3 is 14.6 Å². The van der Waals surface area contributed by atoms with Gasteiger partial charge in [0.15, 0.2) is 5.78 Å². The molecular formula is C24H27N7O4. The van der Waals surface area contributed by atoms with Crippen molar-refractivity contribution in [3.63, 3.8) is 0 Å². The van der Waals surface area contributed by atoms with Gasteiger partial charge in [0.25, 0.3) is 5.91 Å². The molecule has 11 heteroatoms. The number of imide groups is 1. The number of nitrogens with zero attached hydrogens (tertiary/aromatic N) is 6. The van der Waals surface area contributed by atoms with E-state index >= 15 is 0 Å². The Morgan fingerprint density at radius 1 is 1.26 bits per heavy atom. The van der Waals surface area contributed by atoms with Crippen molar-refractivity contribution in [1.29, 1.82) is 0 Å². The van der Waals surface area contributed by atoms with Gasteiger partial charge in [-0.25, -0.2) is 9.48 Å². The number of carbonyl (C=O) groups is 3. The Morgan fingerprint density at radius 3 is 2.80 bits per heavy atom. The number of carbonyl (C=O) groups excluding carboxylic acids is 3. The first-order valence-corrected chi connectivity index (χ1v) is 11.6. The van der Waals surface area contributed by atoms with Gasteiger partial charge in [-0.3, -0.25) is 14.5 Å². The van der Waals surface area contributed by atoms with E-state index in [1.807, 2.05) is 19.9 Å². The number of benzene rings is 1. The second-order valence-electron chi connectivity index (χ2n) is 9.20. The van der Waals surface area contributed by atoms with Crippen LogP contribution in [0.4, 0.5) is 4.79 Å². The molecule has 2 saturated heterocycles. The summed E-state index contributed by atoms with van der Waals surface area (Å²) < 4.78 is 9.28. The first-order valence-electron chi connectivity index (χ1n) is 11.6. The third-order valence-corrected chi connectivity index (χ3v) is 6.90. The molecule has 4 heterocycles. The van der Waals surface area contributed by atoms with Crippen LogP contribution >= 0.6 is 0 Å². The summed E-state index contributed by atoms with van der Waals surface area (Å²) in [5.74, 6) is -0.773. The van der Waals surface area contributed by atoms with Gasteiger partial charge >= 0.3 is 6.03 Å². The lowest BCUT2D eigenvalue weighted by atomic mass is 9.91. The second kappa shape index (κ2) is 8.73. The number of tetrazole rings is 1. The smallest absolute Gasteiger partial charge is 0.325 e. The van der Waals surface area contributed by atoms with Crippen molar-refractivity contribution >= 4 is 17.7 Å². The summed E-state index contributed by atoms with van der Waals surface area (Å²) in [6.07, 6.45) is 3.62. The molecule has 2 aliphatic heterocycles. The molecule has 3 aromatic rings. The van der Waals surface area contributed by atoms with E-state index in [1.54, 1.807) is 31.2 Å². The largest absolute Gasteiger partial charge is 0.376 e. The van der Waals surface area contributed by atoms with Gasteiger partial charge in [0, 0.05) is 30.1 Å². The summed E-state index contributed by atoms with van der Waals surface area (Å²) in [4.78, 5) is 40.4. The molecule has 1 N–H and O–H groups in total. The molecule has 0 saturated carbocycles. The Morgan fingerprint density at radius 2 is 2.09 bits per heavy atom. The van der Waals surface area contributed by atoms with Gasteiger partial charge in [-0.15, -0.1) is 5.10 Å². The van der Waals surface area contributed by atoms with E-state index in [-0.39, 0.29) is 18.4 Å². The third-order valence-electron chi connectivity index (χ3n) is 6.90. The van der Waals surface area contributed by atoms with E-state index in [0.717, 1.165) is 35.7 Å². The van der Waals surface area contributed by atoms with Crippen LogP contribution in [-0.4, -0.2) is 66.7 Å². The fraction of sp³-hybridized carbons (Fsp3) is 0.417. The van der Waals surface area contributed by atoms with Crippen LogP contribution < -0.4 is 5.32 Å². The zero-order valence-electron chi connectivity index (χ0n) is 19.9. The van der Waals surface area contributed by atoms with Crippen LogP contribution in [0.5, 0.6) is 0 Å². The SMILES string of the molecule is Cc1cc(C(=O)CN2C(=O)N[C@@](C)(c3cccc(-n4cnnn4)c3)C2=O)c(C)n1C[C@@H]1CCCO1. The van der Waals surface area contributed by atoms with Crippen molar-refractivity contribution in [2.75, 3.05) is 13.2 Å². The van der Waals surface area contributed by atoms with Crippen LogP contribution in [0.25, 0.3) is 5.69 Å². The fourth-order valence-corrected chi connectivity index (χ4v) is 4.86. The number of rotatable bonds is 7. The highest BCUT2D eigenvalue weighted by molar-refractivity contribution is 6.11. The molecule has 0 unspecified atom stereocenters. The molecule has 0 radical (unpaired) electrons. The first kappa shape index (κ1) is 22.9. The van der Waals surface area contributed by atoms with E-state index in [9.17, 15) is 14.4 Å². The zero-order valence-corrected chi connectivity index (χ0v) is 19.9. The number of nitrogens with one attached hydrogen (secondary N) is 1. The number of urea groups is 1. The lowest BCUT2D eigenvalue weighted by Crippen LogP contribution is -2.41. The summed E-state index contributed by atoms with van der Waals surface area (Å²) in [6, 6.07) is 8.24. The minimum Gasteiger partial charge on any atom is -0.376 e. The molecule has 0 bridgehead atoms. The maximum atomic E-state index is 13.4. The minimum absolute atomic E-state index is 0.137. The van der Waals surface area contributed by atoms with E-state index in [0.29, 0.717) is 23.4 Å². The van der Waals surface area contributed by atoms with E-state index in [1.165, 1.54) is 11.0 Å². The number of hydrogen-bond donors (Lipinski definition) is 1. The molecule has 11 nitrogen and oxygen atoms in total. The van der Waals surface area contributed by atoms with Gasteiger partial charge in [0.2, 0.25) is 0 Å². The Kier molecular flexibility index (Phi) is 5.72. The summed E-state index contributed by atoms with van der Waals surface area (Å²) in [5.41, 5.74) is 2.15. The predicted octanol–water partition coefficient (Wildman–Crippen LogP) is 1.91. The van der Waals surface area contributed by atoms with Crippen molar-refractivity contribution in [3.8, 4) is 5.69 Å². The van der Waals surface area contributed by atoms with Crippen LogP contribution in [0, 0.1) is 13.8 Å². The highest BCUT2D eigenvalue weighted by Crippen LogP contribution is 2.30. The van der Waals surface area contributed by atoms with Crippen molar-refractivity contribution in [2.45, 2.75) is 51.8 Å². The van der Waals surface area contributed by atoms with Crippen LogP contribution in [0.3, 0.4) is 0 Å². The molecular weight excluding hydrogens is 450 g/mol. The van der Waals surface area contributed by atoms with E-state index in [2.05, 4.69) is 25.4 Å². The van der Waals surface area contributed by atoms with Crippen LogP contribution in [0.15, 0.2) is 36.7 Å². The summed E-state index contributed by atoms with van der Waals surface area (Å²) in [5, 5.41) is 13.9. The summed E-state index contributed by atoms with van der Waals surface area (Å²) >= 11 is 0. The van der Waals surface area contributed by atoms with Crippen LogP contribution in [-0.2, 0) is 21.6 Å². The Hall–Kier alpha value is -3.86. The molecule has 182 valence electrons. The maximum absolute atomic E-state index is 13.4. The lowest BCUT2D eigenvalue weighted by molar-refractivity contribution is -0.130. The molecule has 3 amide bonds. The molecule has 2 aromatic heterocycles. The fourth-order valence-electron chi connectivity index (χ4n) is 4.86. The number of ether oxygens (including phenoxy) is 1. The van der Waals surface area contributed by atoms with E-state index in [4.69, 9.17) is 4.74 Å². The minimum atomic E-state index is -1.32. The molecule has 0 aliphatic carbocycles. The second-order valence-corrected chi connectivity index (χ2v) is 9.20. The number of hydrogen-bond acceptors (Lipinski definition) is 7. The normalized spacial score (nSPS) is 22.1. The van der Waals surface area contributed by atoms with Crippen LogP contribution in [0.2, 0.25) is 0 Å². The van der Waals surface area contributed by atoms with E-state index < -0.39 is 17.5 Å². The Balaban J connectivity index is 1.36. The standard InChI is InChI=1S/C24H27N7O4/c1-15-10-20(16(2)29(15)12-19-8-5-9-35-19)21(32)13-30-22(33)24(3,26-23(30)34)17-6-4-7-18(11-17)31-14-25-27-28-31/h4,6-7,10-11,14,19H,5,8-9,12-13H2,1-3H3,(H,26,34)/t19-,24-/m0/s1. The number of aryl methyl sites for hydroxylation is 1. The Labute approximate surface area is 202 Å². The molecule has 2 fully saturated rings. The highest BCUT2D eigenvalue weighted by Gasteiger charge is 2.49. The maximum Gasteiger partial charge on any atom is 0.325 e. The van der Waals surface area contributed by atoms with Gasteiger partial charge in [0.1, 0.15) is 11.9 Å². The van der Waals surface area contributed by atoms with Crippen molar-refractivity contribution < 1.29 is 19.1 Å². The zero-order chi connectivity index (χ0) is 24.7. The highest BCUT2D eigenvalue weighted by atomic mass is 16.5. The molecule has 1 aromatic carbocycles. The van der Waals surface area contributed by atoms with Crippen molar-refractivity contribution in [2.24, 2.45) is 0 Å². The molecule has 5 rings (SSSR count).